The Hall–Kier alpha value is -2.45. The molecular weight excluding hydrogens is 320 g/mol. The Balaban J connectivity index is 2.04. The molecule has 8 nitrogen and oxygen atoms in total. The Morgan fingerprint density at radius 2 is 1.28 bits per heavy atom. The first-order valence-corrected chi connectivity index (χ1v) is 8.53. The van der Waals surface area contributed by atoms with Crippen LogP contribution in [0.25, 0.3) is 0 Å². The van der Waals surface area contributed by atoms with Gasteiger partial charge in [-0.15, -0.1) is 0 Å². The SMILES string of the molecule is CCOCCNc1nc(NCCOCC)nc(Nc2ccccc2)n1. The van der Waals surface area contributed by atoms with E-state index in [2.05, 4.69) is 30.9 Å². The molecule has 0 amide bonds. The Morgan fingerprint density at radius 3 is 1.80 bits per heavy atom. The number of hydrogen-bond acceptors (Lipinski definition) is 8. The summed E-state index contributed by atoms with van der Waals surface area (Å²) in [7, 11) is 0. The summed E-state index contributed by atoms with van der Waals surface area (Å²) in [4.78, 5) is 13.2. The Morgan fingerprint density at radius 1 is 0.760 bits per heavy atom. The van der Waals surface area contributed by atoms with Gasteiger partial charge >= 0.3 is 0 Å². The number of para-hydroxylation sites is 1. The number of benzene rings is 1. The zero-order chi connectivity index (χ0) is 17.7. The van der Waals surface area contributed by atoms with Gasteiger partial charge in [0, 0.05) is 32.0 Å². The van der Waals surface area contributed by atoms with Crippen LogP contribution in [0.5, 0.6) is 0 Å². The minimum absolute atomic E-state index is 0.471. The van der Waals surface area contributed by atoms with Gasteiger partial charge in [-0.1, -0.05) is 18.2 Å². The fourth-order valence-electron chi connectivity index (χ4n) is 2.00. The molecule has 0 spiro atoms. The number of hydrogen-bond donors (Lipinski definition) is 3. The molecule has 25 heavy (non-hydrogen) atoms. The predicted octanol–water partition coefficient (Wildman–Crippen LogP) is 2.51. The molecule has 0 atom stereocenters. The van der Waals surface area contributed by atoms with Gasteiger partial charge in [0.25, 0.3) is 0 Å². The van der Waals surface area contributed by atoms with Crippen molar-refractivity contribution >= 4 is 23.5 Å². The number of nitrogens with zero attached hydrogens (tertiary/aromatic N) is 3. The second-order valence-electron chi connectivity index (χ2n) is 5.04. The molecule has 0 saturated carbocycles. The van der Waals surface area contributed by atoms with Crippen molar-refractivity contribution in [1.82, 2.24) is 15.0 Å². The van der Waals surface area contributed by atoms with E-state index in [0.29, 0.717) is 57.4 Å². The third kappa shape index (κ3) is 7.32. The lowest BCUT2D eigenvalue weighted by Crippen LogP contribution is -2.16. The van der Waals surface area contributed by atoms with Crippen LogP contribution in [0, 0.1) is 0 Å². The van der Waals surface area contributed by atoms with Crippen molar-refractivity contribution in [2.75, 3.05) is 55.5 Å². The van der Waals surface area contributed by atoms with Crippen molar-refractivity contribution < 1.29 is 9.47 Å². The minimum atomic E-state index is 0.471. The Labute approximate surface area is 148 Å². The van der Waals surface area contributed by atoms with Gasteiger partial charge < -0.3 is 25.4 Å². The number of aromatic nitrogens is 3. The molecular formula is C17H26N6O2. The standard InChI is InChI=1S/C17H26N6O2/c1-3-24-12-10-18-15-21-16(19-11-13-25-4-2)23-17(22-15)20-14-8-6-5-7-9-14/h5-9H,3-4,10-13H2,1-2H3,(H3,18,19,20,21,22,23). The predicted molar refractivity (Wildman–Crippen MR) is 99.5 cm³/mol. The summed E-state index contributed by atoms with van der Waals surface area (Å²) in [5, 5.41) is 9.48. The lowest BCUT2D eigenvalue weighted by Gasteiger charge is -2.11. The van der Waals surface area contributed by atoms with Gasteiger partial charge in [-0.05, 0) is 26.0 Å². The Kier molecular flexibility index (Phi) is 8.43. The number of rotatable bonds is 12. The first-order valence-electron chi connectivity index (χ1n) is 8.53. The molecule has 8 heteroatoms. The van der Waals surface area contributed by atoms with E-state index in [-0.39, 0.29) is 0 Å². The number of ether oxygens (including phenoxy) is 2. The Bertz CT molecular complexity index is 581. The molecule has 1 aromatic carbocycles. The number of nitrogens with one attached hydrogen (secondary N) is 3. The van der Waals surface area contributed by atoms with Gasteiger partial charge in [0.05, 0.1) is 13.2 Å². The molecule has 0 fully saturated rings. The molecule has 0 aliphatic rings. The fraction of sp³-hybridized carbons (Fsp3) is 0.471. The molecule has 1 heterocycles. The van der Waals surface area contributed by atoms with Gasteiger partial charge in [0.15, 0.2) is 0 Å². The first-order chi connectivity index (χ1) is 12.3. The molecule has 3 N–H and O–H groups in total. The van der Waals surface area contributed by atoms with Crippen LogP contribution in [0.3, 0.4) is 0 Å². The molecule has 0 unspecified atom stereocenters. The van der Waals surface area contributed by atoms with Gasteiger partial charge in [-0.3, -0.25) is 0 Å². The third-order valence-electron chi connectivity index (χ3n) is 3.13. The van der Waals surface area contributed by atoms with Crippen LogP contribution in [0.1, 0.15) is 13.8 Å². The average Bonchev–Trinajstić information content (AvgIpc) is 2.63. The van der Waals surface area contributed by atoms with E-state index in [4.69, 9.17) is 9.47 Å². The van der Waals surface area contributed by atoms with E-state index in [0.717, 1.165) is 5.69 Å². The van der Waals surface area contributed by atoms with Crippen LogP contribution in [0.15, 0.2) is 30.3 Å². The maximum Gasteiger partial charge on any atom is 0.233 e. The molecule has 2 rings (SSSR count). The van der Waals surface area contributed by atoms with E-state index < -0.39 is 0 Å². The quantitative estimate of drug-likeness (QED) is 0.505. The molecule has 0 radical (unpaired) electrons. The normalized spacial score (nSPS) is 10.5. The molecule has 1 aromatic heterocycles. The highest BCUT2D eigenvalue weighted by atomic mass is 16.5. The minimum Gasteiger partial charge on any atom is -0.380 e. The zero-order valence-corrected chi connectivity index (χ0v) is 14.8. The van der Waals surface area contributed by atoms with E-state index in [1.165, 1.54) is 0 Å². The molecule has 2 aromatic rings. The van der Waals surface area contributed by atoms with Crippen molar-refractivity contribution in [1.29, 1.82) is 0 Å². The van der Waals surface area contributed by atoms with E-state index in [9.17, 15) is 0 Å². The van der Waals surface area contributed by atoms with Crippen LogP contribution in [-0.2, 0) is 9.47 Å². The zero-order valence-electron chi connectivity index (χ0n) is 14.8. The second-order valence-corrected chi connectivity index (χ2v) is 5.04. The summed E-state index contributed by atoms with van der Waals surface area (Å²) < 4.78 is 10.6. The van der Waals surface area contributed by atoms with Crippen molar-refractivity contribution in [2.24, 2.45) is 0 Å². The van der Waals surface area contributed by atoms with E-state index in [1.54, 1.807) is 0 Å². The summed E-state index contributed by atoms with van der Waals surface area (Å²) in [5.41, 5.74) is 0.911. The highest BCUT2D eigenvalue weighted by Crippen LogP contribution is 2.15. The van der Waals surface area contributed by atoms with E-state index >= 15 is 0 Å². The monoisotopic (exact) mass is 346 g/mol. The van der Waals surface area contributed by atoms with Crippen LogP contribution in [-0.4, -0.2) is 54.5 Å². The topological polar surface area (TPSA) is 93.2 Å². The van der Waals surface area contributed by atoms with Crippen molar-refractivity contribution in [3.63, 3.8) is 0 Å². The highest BCUT2D eigenvalue weighted by molar-refractivity contribution is 5.55. The smallest absolute Gasteiger partial charge is 0.233 e. The molecule has 0 aliphatic heterocycles. The van der Waals surface area contributed by atoms with E-state index in [1.807, 2.05) is 44.2 Å². The van der Waals surface area contributed by atoms with Crippen LogP contribution >= 0.6 is 0 Å². The number of anilines is 4. The summed E-state index contributed by atoms with van der Waals surface area (Å²) in [6.45, 7) is 7.74. The summed E-state index contributed by atoms with van der Waals surface area (Å²) in [5.74, 6) is 1.46. The largest absolute Gasteiger partial charge is 0.380 e. The van der Waals surface area contributed by atoms with Crippen molar-refractivity contribution in [3.8, 4) is 0 Å². The maximum atomic E-state index is 5.32. The maximum absolute atomic E-state index is 5.32. The van der Waals surface area contributed by atoms with Gasteiger partial charge in [0.1, 0.15) is 0 Å². The summed E-state index contributed by atoms with van der Waals surface area (Å²) in [6, 6.07) is 9.76. The third-order valence-corrected chi connectivity index (χ3v) is 3.13. The fourth-order valence-corrected chi connectivity index (χ4v) is 2.00. The van der Waals surface area contributed by atoms with Crippen LogP contribution < -0.4 is 16.0 Å². The van der Waals surface area contributed by atoms with Gasteiger partial charge in [0.2, 0.25) is 17.8 Å². The first kappa shape index (κ1) is 18.9. The molecule has 0 saturated heterocycles. The van der Waals surface area contributed by atoms with Crippen molar-refractivity contribution in [3.05, 3.63) is 30.3 Å². The van der Waals surface area contributed by atoms with Crippen LogP contribution in [0.4, 0.5) is 23.5 Å². The molecule has 136 valence electrons. The lowest BCUT2D eigenvalue weighted by atomic mass is 10.3. The van der Waals surface area contributed by atoms with Crippen molar-refractivity contribution in [2.45, 2.75) is 13.8 Å². The molecule has 0 bridgehead atoms. The summed E-state index contributed by atoms with van der Waals surface area (Å²) >= 11 is 0. The molecule has 0 aliphatic carbocycles. The highest BCUT2D eigenvalue weighted by Gasteiger charge is 2.07. The summed E-state index contributed by atoms with van der Waals surface area (Å²) in [6.07, 6.45) is 0. The second kappa shape index (κ2) is 11.2. The average molecular weight is 346 g/mol. The van der Waals surface area contributed by atoms with Gasteiger partial charge in [-0.25, -0.2) is 0 Å². The van der Waals surface area contributed by atoms with Gasteiger partial charge in [-0.2, -0.15) is 15.0 Å². The van der Waals surface area contributed by atoms with Crippen LogP contribution in [0.2, 0.25) is 0 Å². The lowest BCUT2D eigenvalue weighted by molar-refractivity contribution is 0.158.